The number of benzene rings is 1. The van der Waals surface area contributed by atoms with Gasteiger partial charge in [-0.2, -0.15) is 0 Å². The first-order valence-corrected chi connectivity index (χ1v) is 7.87. The molecule has 0 spiro atoms. The van der Waals surface area contributed by atoms with Crippen molar-refractivity contribution in [2.45, 2.75) is 43.8 Å². The lowest BCUT2D eigenvalue weighted by Gasteiger charge is -2.35. The van der Waals surface area contributed by atoms with Crippen LogP contribution in [0.2, 0.25) is 0 Å². The molecule has 2 heterocycles. The normalized spacial score (nSPS) is 25.4. The summed E-state index contributed by atoms with van der Waals surface area (Å²) in [6, 6.07) is 6.81. The van der Waals surface area contributed by atoms with Gasteiger partial charge in [-0.3, -0.25) is 4.79 Å². The number of carbonyl (C=O) groups is 1. The summed E-state index contributed by atoms with van der Waals surface area (Å²) in [5.74, 6) is 1.28. The second-order valence-electron chi connectivity index (χ2n) is 6.25. The van der Waals surface area contributed by atoms with Crippen molar-refractivity contribution < 1.29 is 14.3 Å². The van der Waals surface area contributed by atoms with Crippen LogP contribution in [0, 0.1) is 0 Å². The zero-order valence-corrected chi connectivity index (χ0v) is 14.7. The van der Waals surface area contributed by atoms with Gasteiger partial charge in [0.05, 0.1) is 14.2 Å². The molecule has 1 aromatic carbocycles. The van der Waals surface area contributed by atoms with Crippen LogP contribution in [0.15, 0.2) is 18.2 Å². The molecular formula is C17H25ClN2O3. The van der Waals surface area contributed by atoms with Gasteiger partial charge in [0.25, 0.3) is 5.91 Å². The number of hydrogen-bond acceptors (Lipinski definition) is 4. The van der Waals surface area contributed by atoms with E-state index in [0.29, 0.717) is 35.2 Å². The predicted molar refractivity (Wildman–Crippen MR) is 91.9 cm³/mol. The first-order chi connectivity index (χ1) is 10.6. The third-order valence-electron chi connectivity index (χ3n) is 4.95. The van der Waals surface area contributed by atoms with Gasteiger partial charge in [-0.1, -0.05) is 0 Å². The Morgan fingerprint density at radius 1 is 1.13 bits per heavy atom. The van der Waals surface area contributed by atoms with Crippen LogP contribution in [0.3, 0.4) is 0 Å². The average molecular weight is 341 g/mol. The smallest absolute Gasteiger partial charge is 0.253 e. The van der Waals surface area contributed by atoms with Crippen molar-refractivity contribution in [3.05, 3.63) is 23.8 Å². The van der Waals surface area contributed by atoms with Crippen LogP contribution in [-0.2, 0) is 0 Å². The molecule has 5 nitrogen and oxygen atoms in total. The molecule has 2 unspecified atom stereocenters. The Kier molecular flexibility index (Phi) is 5.76. The Labute approximate surface area is 143 Å². The van der Waals surface area contributed by atoms with E-state index in [1.165, 1.54) is 12.8 Å². The van der Waals surface area contributed by atoms with E-state index in [0.717, 1.165) is 12.8 Å². The number of piperidine rings is 1. The maximum absolute atomic E-state index is 12.8. The highest BCUT2D eigenvalue weighted by Crippen LogP contribution is 2.31. The molecule has 2 aliphatic rings. The van der Waals surface area contributed by atoms with Crippen LogP contribution < -0.4 is 14.8 Å². The Morgan fingerprint density at radius 3 is 2.30 bits per heavy atom. The highest BCUT2D eigenvalue weighted by atomic mass is 35.5. The predicted octanol–water partition coefficient (Wildman–Crippen LogP) is 2.48. The fraction of sp³-hybridized carbons (Fsp3) is 0.588. The number of nitrogens with one attached hydrogen (secondary N) is 1. The number of rotatable bonds is 4. The van der Waals surface area contributed by atoms with Gasteiger partial charge in [0.1, 0.15) is 0 Å². The number of amides is 1. The van der Waals surface area contributed by atoms with Crippen molar-refractivity contribution in [1.29, 1.82) is 0 Å². The fourth-order valence-electron chi connectivity index (χ4n) is 3.68. The zero-order chi connectivity index (χ0) is 15.7. The van der Waals surface area contributed by atoms with Crippen molar-refractivity contribution in [3.63, 3.8) is 0 Å². The number of carbonyl (C=O) groups excluding carboxylic acids is 1. The first-order valence-electron chi connectivity index (χ1n) is 7.87. The van der Waals surface area contributed by atoms with Crippen molar-refractivity contribution in [2.75, 3.05) is 21.3 Å². The molecule has 6 heteroatoms. The number of fused-ring (bicyclic) bond motifs is 2. The molecule has 1 N–H and O–H groups in total. The molecule has 23 heavy (non-hydrogen) atoms. The second-order valence-corrected chi connectivity index (χ2v) is 6.25. The summed E-state index contributed by atoms with van der Waals surface area (Å²) in [5, 5.41) is 3.61. The van der Waals surface area contributed by atoms with Crippen molar-refractivity contribution in [3.8, 4) is 11.5 Å². The van der Waals surface area contributed by atoms with E-state index in [1.807, 2.05) is 11.9 Å². The summed E-state index contributed by atoms with van der Waals surface area (Å²) < 4.78 is 10.5. The van der Waals surface area contributed by atoms with E-state index in [9.17, 15) is 4.79 Å². The lowest BCUT2D eigenvalue weighted by molar-refractivity contribution is 0.0681. The molecule has 1 aromatic rings. The lowest BCUT2D eigenvalue weighted by Crippen LogP contribution is -2.48. The standard InChI is InChI=1S/C17H24N2O3.ClH/c1-19(14-9-12-5-6-13(10-14)18-12)17(20)11-4-7-15(21-2)16(8-11)22-3;/h4,7-8,12-14,18H,5-6,9-10H2,1-3H3;1H. The molecule has 2 fully saturated rings. The number of methoxy groups -OCH3 is 2. The minimum atomic E-state index is 0. The van der Waals surface area contributed by atoms with E-state index in [2.05, 4.69) is 5.32 Å². The molecular weight excluding hydrogens is 316 g/mol. The summed E-state index contributed by atoms with van der Waals surface area (Å²) >= 11 is 0. The van der Waals surface area contributed by atoms with E-state index in [4.69, 9.17) is 9.47 Å². The van der Waals surface area contributed by atoms with Crippen LogP contribution >= 0.6 is 12.4 Å². The topological polar surface area (TPSA) is 50.8 Å². The molecule has 0 aromatic heterocycles. The van der Waals surface area contributed by atoms with Gasteiger partial charge in [0.2, 0.25) is 0 Å². The van der Waals surface area contributed by atoms with Gasteiger partial charge in [-0.05, 0) is 43.9 Å². The molecule has 3 rings (SSSR count). The number of hydrogen-bond donors (Lipinski definition) is 1. The highest BCUT2D eigenvalue weighted by molar-refractivity contribution is 5.95. The molecule has 2 aliphatic heterocycles. The van der Waals surface area contributed by atoms with Gasteiger partial charge in [0, 0.05) is 30.7 Å². The molecule has 1 amide bonds. The Hall–Kier alpha value is -1.46. The number of ether oxygens (including phenoxy) is 2. The fourth-order valence-corrected chi connectivity index (χ4v) is 3.68. The minimum Gasteiger partial charge on any atom is -0.493 e. The van der Waals surface area contributed by atoms with Crippen LogP contribution in [0.4, 0.5) is 0 Å². The summed E-state index contributed by atoms with van der Waals surface area (Å²) in [7, 11) is 5.09. The van der Waals surface area contributed by atoms with Crippen LogP contribution in [0.1, 0.15) is 36.0 Å². The summed E-state index contributed by atoms with van der Waals surface area (Å²) in [5.41, 5.74) is 0.644. The maximum Gasteiger partial charge on any atom is 0.253 e. The van der Waals surface area contributed by atoms with Gasteiger partial charge in [0.15, 0.2) is 11.5 Å². The minimum absolute atomic E-state index is 0. The summed E-state index contributed by atoms with van der Waals surface area (Å²) in [4.78, 5) is 14.7. The average Bonchev–Trinajstić information content (AvgIpc) is 2.90. The van der Waals surface area contributed by atoms with Gasteiger partial charge in [-0.15, -0.1) is 12.4 Å². The first kappa shape index (κ1) is 17.9. The zero-order valence-electron chi connectivity index (χ0n) is 13.9. The monoisotopic (exact) mass is 340 g/mol. The lowest BCUT2D eigenvalue weighted by atomic mass is 9.98. The summed E-state index contributed by atoms with van der Waals surface area (Å²) in [6.45, 7) is 0. The Bertz CT molecular complexity index is 555. The van der Waals surface area contributed by atoms with Crippen LogP contribution in [0.5, 0.6) is 11.5 Å². The van der Waals surface area contributed by atoms with E-state index >= 15 is 0 Å². The highest BCUT2D eigenvalue weighted by Gasteiger charge is 2.36. The van der Waals surface area contributed by atoms with Gasteiger partial charge >= 0.3 is 0 Å². The number of halogens is 1. The summed E-state index contributed by atoms with van der Waals surface area (Å²) in [6.07, 6.45) is 4.57. The Morgan fingerprint density at radius 2 is 1.74 bits per heavy atom. The molecule has 0 saturated carbocycles. The molecule has 0 aliphatic carbocycles. The number of nitrogens with zero attached hydrogens (tertiary/aromatic N) is 1. The van der Waals surface area contributed by atoms with Crippen molar-refractivity contribution >= 4 is 18.3 Å². The third kappa shape index (κ3) is 3.56. The molecule has 0 radical (unpaired) electrons. The molecule has 2 bridgehead atoms. The van der Waals surface area contributed by atoms with Gasteiger partial charge < -0.3 is 19.7 Å². The largest absolute Gasteiger partial charge is 0.493 e. The molecule has 2 atom stereocenters. The van der Waals surface area contributed by atoms with Crippen LogP contribution in [-0.4, -0.2) is 50.2 Å². The van der Waals surface area contributed by atoms with Crippen molar-refractivity contribution in [1.82, 2.24) is 10.2 Å². The SMILES string of the molecule is COc1ccc(C(=O)N(C)C2CC3CCC(C2)N3)cc1OC.Cl. The van der Waals surface area contributed by atoms with Crippen LogP contribution in [0.25, 0.3) is 0 Å². The molecule has 128 valence electrons. The van der Waals surface area contributed by atoms with Crippen molar-refractivity contribution in [2.24, 2.45) is 0 Å². The van der Waals surface area contributed by atoms with E-state index in [1.54, 1.807) is 32.4 Å². The van der Waals surface area contributed by atoms with E-state index < -0.39 is 0 Å². The molecule has 2 saturated heterocycles. The van der Waals surface area contributed by atoms with E-state index in [-0.39, 0.29) is 18.3 Å². The third-order valence-corrected chi connectivity index (χ3v) is 4.95. The Balaban J connectivity index is 0.00000192. The quantitative estimate of drug-likeness (QED) is 0.915. The second kappa shape index (κ2) is 7.41. The van der Waals surface area contributed by atoms with Gasteiger partial charge in [-0.25, -0.2) is 0 Å². The maximum atomic E-state index is 12.8.